The lowest BCUT2D eigenvalue weighted by molar-refractivity contribution is -0.147. The summed E-state index contributed by atoms with van der Waals surface area (Å²) in [6.07, 6.45) is -0.376. The highest BCUT2D eigenvalue weighted by atomic mass is 31.1. The van der Waals surface area contributed by atoms with E-state index in [2.05, 4.69) is 66.0 Å². The SMILES string of the molecule is CC(C)(C)OC(=O)N[C@@H](Cc1ccc(P(c2ccccc2)c2ccccc2)cc1)C(=O)OCc1ccccc1. The molecule has 4 aromatic rings. The topological polar surface area (TPSA) is 64.6 Å². The van der Waals surface area contributed by atoms with Crippen molar-refractivity contribution in [3.63, 3.8) is 0 Å². The second kappa shape index (κ2) is 13.2. The smallest absolute Gasteiger partial charge is 0.408 e. The summed E-state index contributed by atoms with van der Waals surface area (Å²) >= 11 is 0. The number of rotatable bonds is 9. The van der Waals surface area contributed by atoms with Crippen LogP contribution in [0.1, 0.15) is 31.9 Å². The molecule has 0 saturated carbocycles. The molecule has 1 amide bonds. The summed E-state index contributed by atoms with van der Waals surface area (Å²) in [6.45, 7) is 5.48. The highest BCUT2D eigenvalue weighted by Crippen LogP contribution is 2.32. The Kier molecular flexibility index (Phi) is 9.51. The Labute approximate surface area is 231 Å². The van der Waals surface area contributed by atoms with E-state index < -0.39 is 31.6 Å². The minimum atomic E-state index is -0.890. The van der Waals surface area contributed by atoms with E-state index in [1.807, 2.05) is 54.6 Å². The highest BCUT2D eigenvalue weighted by Gasteiger charge is 2.26. The monoisotopic (exact) mass is 539 g/mol. The van der Waals surface area contributed by atoms with Crippen molar-refractivity contribution in [3.05, 3.63) is 126 Å². The van der Waals surface area contributed by atoms with E-state index in [9.17, 15) is 9.59 Å². The van der Waals surface area contributed by atoms with Crippen molar-refractivity contribution in [2.75, 3.05) is 0 Å². The van der Waals surface area contributed by atoms with Crippen LogP contribution in [-0.4, -0.2) is 23.7 Å². The molecule has 0 aliphatic carbocycles. The van der Waals surface area contributed by atoms with Crippen LogP contribution >= 0.6 is 7.92 Å². The van der Waals surface area contributed by atoms with Crippen LogP contribution in [0.15, 0.2) is 115 Å². The van der Waals surface area contributed by atoms with Crippen LogP contribution in [-0.2, 0) is 27.3 Å². The largest absolute Gasteiger partial charge is 0.459 e. The lowest BCUT2D eigenvalue weighted by Crippen LogP contribution is -2.45. The summed E-state index contributed by atoms with van der Waals surface area (Å²) in [4.78, 5) is 25.6. The molecule has 0 aromatic heterocycles. The molecule has 6 heteroatoms. The first-order valence-corrected chi connectivity index (χ1v) is 14.3. The predicted molar refractivity (Wildman–Crippen MR) is 158 cm³/mol. The van der Waals surface area contributed by atoms with Crippen LogP contribution in [0.3, 0.4) is 0 Å². The third-order valence-electron chi connectivity index (χ3n) is 5.86. The molecule has 0 saturated heterocycles. The van der Waals surface area contributed by atoms with Gasteiger partial charge in [0, 0.05) is 6.42 Å². The maximum Gasteiger partial charge on any atom is 0.408 e. The quantitative estimate of drug-likeness (QED) is 0.221. The van der Waals surface area contributed by atoms with Gasteiger partial charge in [-0.3, -0.25) is 0 Å². The molecule has 39 heavy (non-hydrogen) atoms. The molecular weight excluding hydrogens is 505 g/mol. The number of esters is 1. The fourth-order valence-corrected chi connectivity index (χ4v) is 6.37. The van der Waals surface area contributed by atoms with Gasteiger partial charge in [0.2, 0.25) is 0 Å². The third-order valence-corrected chi connectivity index (χ3v) is 8.31. The van der Waals surface area contributed by atoms with E-state index in [1.54, 1.807) is 20.8 Å². The Morgan fingerprint density at radius 3 is 1.69 bits per heavy atom. The Morgan fingerprint density at radius 1 is 0.692 bits per heavy atom. The fourth-order valence-electron chi connectivity index (χ4n) is 4.09. The number of benzene rings is 4. The molecule has 4 rings (SSSR count). The van der Waals surface area contributed by atoms with Crippen molar-refractivity contribution in [1.82, 2.24) is 5.32 Å². The fraction of sp³-hybridized carbons (Fsp3) is 0.212. The van der Waals surface area contributed by atoms with E-state index in [-0.39, 0.29) is 13.0 Å². The van der Waals surface area contributed by atoms with E-state index in [1.165, 1.54) is 15.9 Å². The molecule has 5 nitrogen and oxygen atoms in total. The molecule has 200 valence electrons. The van der Waals surface area contributed by atoms with Crippen LogP contribution in [0, 0.1) is 0 Å². The van der Waals surface area contributed by atoms with Gasteiger partial charge in [0.15, 0.2) is 0 Å². The molecule has 0 bridgehead atoms. The van der Waals surface area contributed by atoms with Gasteiger partial charge >= 0.3 is 12.1 Å². The van der Waals surface area contributed by atoms with Gasteiger partial charge in [-0.1, -0.05) is 115 Å². The van der Waals surface area contributed by atoms with Gasteiger partial charge in [-0.25, -0.2) is 9.59 Å². The van der Waals surface area contributed by atoms with E-state index in [0.717, 1.165) is 11.1 Å². The molecule has 0 unspecified atom stereocenters. The van der Waals surface area contributed by atoms with Crippen LogP contribution < -0.4 is 21.2 Å². The Balaban J connectivity index is 1.53. The molecule has 0 heterocycles. The summed E-state index contributed by atoms with van der Waals surface area (Å²) in [5, 5.41) is 6.45. The summed E-state index contributed by atoms with van der Waals surface area (Å²) in [7, 11) is -0.734. The standard InChI is InChI=1S/C33H34NO4P/c1-33(2,3)38-32(36)34-30(31(35)37-24-26-13-7-4-8-14-26)23-25-19-21-29(22-20-25)39(27-15-9-5-10-16-27)28-17-11-6-12-18-28/h4-22,30H,23-24H2,1-3H3,(H,34,36)/t30-/m0/s1. The van der Waals surface area contributed by atoms with Gasteiger partial charge in [0.05, 0.1) is 0 Å². The predicted octanol–water partition coefficient (Wildman–Crippen LogP) is 5.62. The van der Waals surface area contributed by atoms with Crippen molar-refractivity contribution in [1.29, 1.82) is 0 Å². The number of carbonyl (C=O) groups is 2. The maximum absolute atomic E-state index is 13.1. The van der Waals surface area contributed by atoms with Crippen molar-refractivity contribution in [3.8, 4) is 0 Å². The molecule has 0 radical (unpaired) electrons. The summed E-state index contributed by atoms with van der Waals surface area (Å²) < 4.78 is 11.0. The first kappa shape index (κ1) is 28.1. The van der Waals surface area contributed by atoms with Gasteiger partial charge in [0.1, 0.15) is 18.2 Å². The summed E-state index contributed by atoms with van der Waals surface area (Å²) in [5.74, 6) is -0.510. The number of amides is 1. The molecule has 0 spiro atoms. The zero-order valence-electron chi connectivity index (χ0n) is 22.5. The van der Waals surface area contributed by atoms with Crippen LogP contribution in [0.25, 0.3) is 0 Å². The zero-order valence-corrected chi connectivity index (χ0v) is 23.4. The molecule has 0 fully saturated rings. The van der Waals surface area contributed by atoms with Crippen molar-refractivity contribution in [2.24, 2.45) is 0 Å². The Bertz CT molecular complexity index is 1300. The van der Waals surface area contributed by atoms with Gasteiger partial charge in [-0.2, -0.15) is 0 Å². The molecule has 4 aromatic carbocycles. The second-order valence-corrected chi connectivity index (χ2v) is 12.4. The van der Waals surface area contributed by atoms with Crippen LogP contribution in [0.2, 0.25) is 0 Å². The van der Waals surface area contributed by atoms with E-state index in [0.29, 0.717) is 0 Å². The minimum absolute atomic E-state index is 0.129. The molecular formula is C33H34NO4P. The van der Waals surface area contributed by atoms with Gasteiger partial charge in [-0.05, 0) is 55.7 Å². The van der Waals surface area contributed by atoms with Crippen LogP contribution in [0.4, 0.5) is 4.79 Å². The maximum atomic E-state index is 13.1. The van der Waals surface area contributed by atoms with Crippen LogP contribution in [0.5, 0.6) is 0 Å². The lowest BCUT2D eigenvalue weighted by Gasteiger charge is -2.23. The first-order valence-electron chi connectivity index (χ1n) is 13.0. The molecule has 0 aliphatic heterocycles. The number of ether oxygens (including phenoxy) is 2. The Morgan fingerprint density at radius 2 is 1.18 bits per heavy atom. The van der Waals surface area contributed by atoms with Gasteiger partial charge < -0.3 is 14.8 Å². The molecule has 1 N–H and O–H groups in total. The second-order valence-electron chi connectivity index (χ2n) is 10.2. The third kappa shape index (κ3) is 8.53. The normalized spacial score (nSPS) is 12.0. The Hall–Kier alpha value is -3.95. The van der Waals surface area contributed by atoms with Gasteiger partial charge in [0.25, 0.3) is 0 Å². The van der Waals surface area contributed by atoms with E-state index in [4.69, 9.17) is 9.47 Å². The number of nitrogens with one attached hydrogen (secondary N) is 1. The van der Waals surface area contributed by atoms with Crippen molar-refractivity contribution < 1.29 is 19.1 Å². The minimum Gasteiger partial charge on any atom is -0.459 e. The molecule has 1 atom stereocenters. The van der Waals surface area contributed by atoms with Crippen molar-refractivity contribution in [2.45, 2.75) is 45.4 Å². The average Bonchev–Trinajstić information content (AvgIpc) is 2.93. The first-order chi connectivity index (χ1) is 18.8. The summed E-state index contributed by atoms with van der Waals surface area (Å²) in [5.41, 5.74) is 1.10. The van der Waals surface area contributed by atoms with Gasteiger partial charge in [-0.15, -0.1) is 0 Å². The number of hydrogen-bond acceptors (Lipinski definition) is 4. The number of alkyl carbamates (subject to hydrolysis) is 1. The van der Waals surface area contributed by atoms with E-state index >= 15 is 0 Å². The highest BCUT2D eigenvalue weighted by molar-refractivity contribution is 7.79. The summed E-state index contributed by atoms with van der Waals surface area (Å²) in [6, 6.07) is 37.8. The lowest BCUT2D eigenvalue weighted by atomic mass is 10.1. The van der Waals surface area contributed by atoms with Crippen molar-refractivity contribution >= 4 is 35.9 Å². The zero-order chi connectivity index (χ0) is 27.7. The average molecular weight is 540 g/mol. The number of hydrogen-bond donors (Lipinski definition) is 1. The molecule has 0 aliphatic rings. The number of carbonyl (C=O) groups excluding carboxylic acids is 2.